The highest BCUT2D eigenvalue weighted by atomic mass is 32.2. The molecule has 12 heteroatoms. The van der Waals surface area contributed by atoms with Crippen LogP contribution < -0.4 is 4.90 Å². The third-order valence-corrected chi connectivity index (χ3v) is 8.15. The molecular formula is C22H26FN5O5S. The van der Waals surface area contributed by atoms with E-state index in [4.69, 9.17) is 0 Å². The van der Waals surface area contributed by atoms with Gasteiger partial charge >= 0.3 is 0 Å². The van der Waals surface area contributed by atoms with Crippen molar-refractivity contribution >= 4 is 27.3 Å². The van der Waals surface area contributed by atoms with Gasteiger partial charge in [0.15, 0.2) is 0 Å². The second kappa shape index (κ2) is 9.65. The molecule has 0 unspecified atom stereocenters. The van der Waals surface area contributed by atoms with Crippen LogP contribution >= 0.6 is 0 Å². The molecule has 2 aromatic rings. The Kier molecular flexibility index (Phi) is 6.82. The number of hydrogen-bond donors (Lipinski definition) is 0. The van der Waals surface area contributed by atoms with E-state index in [0.29, 0.717) is 18.8 Å². The fourth-order valence-corrected chi connectivity index (χ4v) is 5.61. The molecule has 2 aromatic carbocycles. The number of hydrogen-bond acceptors (Lipinski definition) is 7. The van der Waals surface area contributed by atoms with Gasteiger partial charge in [-0.2, -0.15) is 4.31 Å². The largest absolute Gasteiger partial charge is 0.363 e. The average Bonchev–Trinajstić information content (AvgIpc) is 2.84. The van der Waals surface area contributed by atoms with Crippen LogP contribution in [0.1, 0.15) is 10.4 Å². The first-order valence-corrected chi connectivity index (χ1v) is 12.4. The molecule has 0 aromatic heterocycles. The summed E-state index contributed by atoms with van der Waals surface area (Å²) in [5, 5.41) is 11.7. The van der Waals surface area contributed by atoms with Crippen LogP contribution in [0.15, 0.2) is 47.4 Å². The van der Waals surface area contributed by atoms with Crippen molar-refractivity contribution in [3.8, 4) is 0 Å². The Hall–Kier alpha value is -3.09. The van der Waals surface area contributed by atoms with Crippen LogP contribution in [-0.2, 0) is 10.0 Å². The molecule has 2 fully saturated rings. The van der Waals surface area contributed by atoms with Crippen molar-refractivity contribution in [1.82, 2.24) is 14.1 Å². The lowest BCUT2D eigenvalue weighted by atomic mass is 10.1. The van der Waals surface area contributed by atoms with Crippen molar-refractivity contribution < 1.29 is 22.5 Å². The summed E-state index contributed by atoms with van der Waals surface area (Å²) in [7, 11) is -1.80. The summed E-state index contributed by atoms with van der Waals surface area (Å²) in [6.07, 6.45) is 0. The number of sulfonamides is 1. The number of rotatable bonds is 5. The fourth-order valence-electron chi connectivity index (χ4n) is 4.19. The highest BCUT2D eigenvalue weighted by Crippen LogP contribution is 2.30. The smallest absolute Gasteiger partial charge is 0.293 e. The third-order valence-electron chi connectivity index (χ3n) is 6.24. The monoisotopic (exact) mass is 491 g/mol. The predicted molar refractivity (Wildman–Crippen MR) is 124 cm³/mol. The first-order valence-electron chi connectivity index (χ1n) is 10.9. The van der Waals surface area contributed by atoms with Gasteiger partial charge in [-0.15, -0.1) is 0 Å². The first kappa shape index (κ1) is 24.0. The number of nitro groups is 1. The summed E-state index contributed by atoms with van der Waals surface area (Å²) < 4.78 is 40.0. The summed E-state index contributed by atoms with van der Waals surface area (Å²) >= 11 is 0. The quantitative estimate of drug-likeness (QED) is 0.462. The van der Waals surface area contributed by atoms with Gasteiger partial charge in [-0.1, -0.05) is 0 Å². The molecule has 4 rings (SSSR count). The lowest BCUT2D eigenvalue weighted by molar-refractivity contribution is -0.384. The lowest BCUT2D eigenvalue weighted by Gasteiger charge is -2.34. The Labute approximate surface area is 197 Å². The van der Waals surface area contributed by atoms with E-state index in [1.807, 2.05) is 11.9 Å². The highest BCUT2D eigenvalue weighted by Gasteiger charge is 2.31. The summed E-state index contributed by atoms with van der Waals surface area (Å²) in [4.78, 5) is 29.9. The molecule has 34 heavy (non-hydrogen) atoms. The number of halogens is 1. The zero-order chi connectivity index (χ0) is 24.5. The normalized spacial score (nSPS) is 18.2. The number of likely N-dealkylation sites (N-methyl/N-ethyl adjacent to an activating group) is 1. The maximum Gasteiger partial charge on any atom is 0.293 e. The van der Waals surface area contributed by atoms with Crippen LogP contribution in [0.4, 0.5) is 15.8 Å². The molecule has 0 atom stereocenters. The van der Waals surface area contributed by atoms with Crippen molar-refractivity contribution in [1.29, 1.82) is 0 Å². The van der Waals surface area contributed by atoms with E-state index in [2.05, 4.69) is 4.90 Å². The molecule has 0 aliphatic carbocycles. The van der Waals surface area contributed by atoms with Gasteiger partial charge in [0.25, 0.3) is 11.6 Å². The van der Waals surface area contributed by atoms with Gasteiger partial charge in [-0.05, 0) is 43.4 Å². The molecule has 2 aliphatic rings. The first-order chi connectivity index (χ1) is 16.2. The summed E-state index contributed by atoms with van der Waals surface area (Å²) in [6.45, 7) is 3.36. The van der Waals surface area contributed by atoms with Crippen molar-refractivity contribution in [2.24, 2.45) is 0 Å². The molecule has 0 bridgehead atoms. The molecule has 0 radical (unpaired) electrons. The number of piperazine rings is 2. The molecule has 0 N–H and O–H groups in total. The molecule has 2 heterocycles. The molecule has 182 valence electrons. The molecular weight excluding hydrogens is 465 g/mol. The second-order valence-corrected chi connectivity index (χ2v) is 10.3. The van der Waals surface area contributed by atoms with Crippen LogP contribution in [0.5, 0.6) is 0 Å². The number of carbonyl (C=O) groups excluding carboxylic acids is 1. The number of amides is 1. The maximum atomic E-state index is 13.1. The zero-order valence-electron chi connectivity index (χ0n) is 18.8. The topological polar surface area (TPSA) is 107 Å². The van der Waals surface area contributed by atoms with Gasteiger partial charge in [0.05, 0.1) is 9.82 Å². The van der Waals surface area contributed by atoms with Crippen molar-refractivity contribution in [2.45, 2.75) is 4.90 Å². The number of nitrogens with zero attached hydrogens (tertiary/aromatic N) is 5. The highest BCUT2D eigenvalue weighted by molar-refractivity contribution is 7.89. The van der Waals surface area contributed by atoms with Crippen molar-refractivity contribution in [3.05, 3.63) is 64.0 Å². The maximum absolute atomic E-state index is 13.1. The SMILES string of the molecule is CN1CCN(c2ccc(C(=O)N3CCN(S(=O)(=O)c4ccc(F)cc4)CC3)cc2[N+](=O)[O-])CC1. The van der Waals surface area contributed by atoms with Gasteiger partial charge in [-0.25, -0.2) is 12.8 Å². The predicted octanol–water partition coefficient (Wildman–Crippen LogP) is 1.63. The van der Waals surface area contributed by atoms with Crippen molar-refractivity contribution in [2.75, 3.05) is 64.3 Å². The summed E-state index contributed by atoms with van der Waals surface area (Å²) in [5.41, 5.74) is 0.567. The number of benzene rings is 2. The van der Waals surface area contributed by atoms with E-state index in [9.17, 15) is 27.7 Å². The minimum absolute atomic E-state index is 0.0104. The van der Waals surface area contributed by atoms with E-state index in [1.54, 1.807) is 12.1 Å². The lowest BCUT2D eigenvalue weighted by Crippen LogP contribution is -2.50. The van der Waals surface area contributed by atoms with E-state index in [1.165, 1.54) is 27.4 Å². The molecule has 0 saturated carbocycles. The summed E-state index contributed by atoms with van der Waals surface area (Å²) in [6, 6.07) is 9.11. The van der Waals surface area contributed by atoms with Gasteiger partial charge < -0.3 is 14.7 Å². The van der Waals surface area contributed by atoms with E-state index in [-0.39, 0.29) is 48.2 Å². The van der Waals surface area contributed by atoms with Crippen LogP contribution in [0.25, 0.3) is 0 Å². The van der Waals surface area contributed by atoms with Crippen LogP contribution in [-0.4, -0.2) is 92.8 Å². The second-order valence-electron chi connectivity index (χ2n) is 8.40. The number of anilines is 1. The number of carbonyl (C=O) groups is 1. The Bertz CT molecular complexity index is 1170. The van der Waals surface area contributed by atoms with Gasteiger partial charge in [-0.3, -0.25) is 14.9 Å². The van der Waals surface area contributed by atoms with Crippen molar-refractivity contribution in [3.63, 3.8) is 0 Å². The average molecular weight is 492 g/mol. The molecule has 10 nitrogen and oxygen atoms in total. The zero-order valence-corrected chi connectivity index (χ0v) is 19.6. The van der Waals surface area contributed by atoms with Gasteiger partial charge in [0, 0.05) is 64.0 Å². The standard InChI is InChI=1S/C22H26FN5O5S/c1-24-8-10-25(11-9-24)20-7-2-17(16-21(20)28(30)31)22(29)26-12-14-27(15-13-26)34(32,33)19-5-3-18(23)4-6-19/h2-7,16H,8-15H2,1H3. The van der Waals surface area contributed by atoms with E-state index >= 15 is 0 Å². The Morgan fingerprint density at radius 1 is 0.941 bits per heavy atom. The van der Waals surface area contributed by atoms with Gasteiger partial charge in [0.2, 0.25) is 10.0 Å². The Morgan fingerprint density at radius 3 is 2.15 bits per heavy atom. The molecule has 1 amide bonds. The summed E-state index contributed by atoms with van der Waals surface area (Å²) in [5.74, 6) is -0.908. The fraction of sp³-hybridized carbons (Fsp3) is 0.409. The Balaban J connectivity index is 1.46. The van der Waals surface area contributed by atoms with Crippen LogP contribution in [0.3, 0.4) is 0 Å². The number of nitro benzene ring substituents is 1. The molecule has 2 aliphatic heterocycles. The van der Waals surface area contributed by atoms with Crippen LogP contribution in [0.2, 0.25) is 0 Å². The third kappa shape index (κ3) is 4.88. The Morgan fingerprint density at radius 2 is 1.56 bits per heavy atom. The van der Waals surface area contributed by atoms with E-state index in [0.717, 1.165) is 25.2 Å². The molecule has 2 saturated heterocycles. The minimum Gasteiger partial charge on any atom is -0.363 e. The van der Waals surface area contributed by atoms with Crippen LogP contribution in [0, 0.1) is 15.9 Å². The van der Waals surface area contributed by atoms with E-state index < -0.39 is 20.8 Å². The molecule has 0 spiro atoms. The minimum atomic E-state index is -3.80. The van der Waals surface area contributed by atoms with Gasteiger partial charge in [0.1, 0.15) is 11.5 Å².